The van der Waals surface area contributed by atoms with Crippen molar-refractivity contribution in [1.82, 2.24) is 19.7 Å². The predicted molar refractivity (Wildman–Crippen MR) is 92.1 cm³/mol. The van der Waals surface area contributed by atoms with Crippen molar-refractivity contribution in [3.8, 4) is 0 Å². The molecule has 1 amide bonds. The van der Waals surface area contributed by atoms with Crippen LogP contribution in [0.3, 0.4) is 0 Å². The molecule has 1 aliphatic carbocycles. The van der Waals surface area contributed by atoms with Crippen molar-refractivity contribution in [2.24, 2.45) is 0 Å². The van der Waals surface area contributed by atoms with Gasteiger partial charge in [0.05, 0.1) is 17.1 Å². The Morgan fingerprint density at radius 3 is 2.71 bits per heavy atom. The normalized spacial score (nSPS) is 14.3. The lowest BCUT2D eigenvalue weighted by atomic mass is 10.1. The first-order valence-electron chi connectivity index (χ1n) is 8.23. The molecule has 6 nitrogen and oxygen atoms in total. The average Bonchev–Trinajstić information content (AvgIpc) is 3.33. The van der Waals surface area contributed by atoms with Crippen molar-refractivity contribution in [2.75, 3.05) is 5.32 Å². The van der Waals surface area contributed by atoms with Crippen molar-refractivity contribution >= 4 is 22.6 Å². The fourth-order valence-electron chi connectivity index (χ4n) is 2.83. The topological polar surface area (TPSA) is 72.7 Å². The first-order chi connectivity index (χ1) is 11.6. The molecule has 0 aliphatic heterocycles. The number of nitrogens with one attached hydrogen (secondary N) is 1. The van der Waals surface area contributed by atoms with Crippen LogP contribution in [0.5, 0.6) is 0 Å². The van der Waals surface area contributed by atoms with E-state index in [1.54, 1.807) is 30.7 Å². The Balaban J connectivity index is 1.79. The van der Waals surface area contributed by atoms with E-state index in [-0.39, 0.29) is 11.9 Å². The van der Waals surface area contributed by atoms with Crippen molar-refractivity contribution in [1.29, 1.82) is 0 Å². The molecule has 0 spiro atoms. The van der Waals surface area contributed by atoms with Gasteiger partial charge in [-0.15, -0.1) is 0 Å². The van der Waals surface area contributed by atoms with Crippen molar-refractivity contribution < 1.29 is 4.79 Å². The van der Waals surface area contributed by atoms with E-state index in [9.17, 15) is 4.79 Å². The Morgan fingerprint density at radius 2 is 2.04 bits per heavy atom. The fourth-order valence-corrected chi connectivity index (χ4v) is 2.83. The molecule has 0 unspecified atom stereocenters. The van der Waals surface area contributed by atoms with Crippen molar-refractivity contribution in [3.63, 3.8) is 0 Å². The van der Waals surface area contributed by atoms with Crippen LogP contribution in [-0.4, -0.2) is 25.7 Å². The minimum absolute atomic E-state index is 0.140. The Labute approximate surface area is 139 Å². The number of fused-ring (bicyclic) bond motifs is 1. The number of amides is 1. The summed E-state index contributed by atoms with van der Waals surface area (Å²) in [6, 6.07) is 5.66. The van der Waals surface area contributed by atoms with E-state index in [0.29, 0.717) is 11.5 Å². The summed E-state index contributed by atoms with van der Waals surface area (Å²) in [5.74, 6) is 0.330. The molecular formula is C18H19N5O. The molecule has 1 saturated carbocycles. The molecule has 0 atom stereocenters. The average molecular weight is 321 g/mol. The highest BCUT2D eigenvalue weighted by Gasteiger charge is 2.28. The largest absolute Gasteiger partial charge is 0.322 e. The van der Waals surface area contributed by atoms with E-state index >= 15 is 0 Å². The molecular weight excluding hydrogens is 302 g/mol. The molecule has 3 heterocycles. The highest BCUT2D eigenvalue weighted by molar-refractivity contribution is 6.12. The van der Waals surface area contributed by atoms with Crippen LogP contribution in [0.2, 0.25) is 0 Å². The van der Waals surface area contributed by atoms with E-state index in [2.05, 4.69) is 29.2 Å². The number of hydrogen-bond donors (Lipinski definition) is 1. The minimum atomic E-state index is -0.140. The smallest absolute Gasteiger partial charge is 0.256 e. The van der Waals surface area contributed by atoms with E-state index < -0.39 is 0 Å². The van der Waals surface area contributed by atoms with E-state index in [4.69, 9.17) is 4.98 Å². The molecule has 122 valence electrons. The van der Waals surface area contributed by atoms with Gasteiger partial charge in [-0.05, 0) is 44.9 Å². The van der Waals surface area contributed by atoms with Crippen LogP contribution in [0, 0.1) is 0 Å². The number of aromatic nitrogens is 4. The van der Waals surface area contributed by atoms with Gasteiger partial charge in [-0.25, -0.2) is 9.67 Å². The maximum absolute atomic E-state index is 12.8. The van der Waals surface area contributed by atoms with Gasteiger partial charge in [-0.3, -0.25) is 9.78 Å². The summed E-state index contributed by atoms with van der Waals surface area (Å²) in [5, 5.41) is 8.15. The zero-order valence-corrected chi connectivity index (χ0v) is 13.7. The number of nitrogens with zero attached hydrogens (tertiary/aromatic N) is 4. The Kier molecular flexibility index (Phi) is 3.52. The highest BCUT2D eigenvalue weighted by Crippen LogP contribution is 2.40. The summed E-state index contributed by atoms with van der Waals surface area (Å²) in [7, 11) is 0. The first-order valence-corrected chi connectivity index (χ1v) is 8.23. The first kappa shape index (κ1) is 14.8. The molecule has 0 aromatic carbocycles. The molecule has 0 radical (unpaired) electrons. The molecule has 1 aliphatic rings. The summed E-state index contributed by atoms with van der Waals surface area (Å²) in [6.07, 6.45) is 7.33. The van der Waals surface area contributed by atoms with Crippen molar-refractivity contribution in [3.05, 3.63) is 48.0 Å². The fraction of sp³-hybridized carbons (Fsp3) is 0.333. The standard InChI is InChI=1S/C18H19N5O/c1-11(2)23-17-15(10-20-23)14(9-16(22-17)12-3-4-12)18(24)21-13-5-7-19-8-6-13/h5-12H,3-4H2,1-2H3,(H,19,21,24). The molecule has 3 aromatic heterocycles. The number of anilines is 1. The number of hydrogen-bond acceptors (Lipinski definition) is 4. The second kappa shape index (κ2) is 5.70. The zero-order valence-electron chi connectivity index (χ0n) is 13.7. The number of carbonyl (C=O) groups excluding carboxylic acids is 1. The number of pyridine rings is 2. The number of rotatable bonds is 4. The summed E-state index contributed by atoms with van der Waals surface area (Å²) < 4.78 is 1.88. The molecule has 1 N–H and O–H groups in total. The van der Waals surface area contributed by atoms with Crippen LogP contribution in [0.25, 0.3) is 11.0 Å². The monoisotopic (exact) mass is 321 g/mol. The van der Waals surface area contributed by atoms with Crippen LogP contribution < -0.4 is 5.32 Å². The summed E-state index contributed by atoms with van der Waals surface area (Å²) in [4.78, 5) is 21.6. The SMILES string of the molecule is CC(C)n1ncc2c(C(=O)Nc3ccncc3)cc(C3CC3)nc21. The van der Waals surface area contributed by atoms with Crippen LogP contribution in [0.1, 0.15) is 54.7 Å². The molecule has 6 heteroatoms. The third-order valence-corrected chi connectivity index (χ3v) is 4.25. The van der Waals surface area contributed by atoms with Gasteiger partial charge in [-0.2, -0.15) is 5.10 Å². The summed E-state index contributed by atoms with van der Waals surface area (Å²) in [6.45, 7) is 4.13. The molecule has 0 saturated heterocycles. The maximum Gasteiger partial charge on any atom is 0.256 e. The van der Waals surface area contributed by atoms with Gasteiger partial charge in [0.25, 0.3) is 5.91 Å². The lowest BCUT2D eigenvalue weighted by molar-refractivity contribution is 0.102. The van der Waals surface area contributed by atoms with Gasteiger partial charge < -0.3 is 5.32 Å². The molecule has 24 heavy (non-hydrogen) atoms. The third-order valence-electron chi connectivity index (χ3n) is 4.25. The highest BCUT2D eigenvalue weighted by atomic mass is 16.1. The number of carbonyl (C=O) groups is 1. The van der Waals surface area contributed by atoms with Crippen LogP contribution >= 0.6 is 0 Å². The molecule has 4 rings (SSSR count). The lowest BCUT2D eigenvalue weighted by Gasteiger charge is -2.10. The van der Waals surface area contributed by atoms with Gasteiger partial charge in [0.15, 0.2) is 5.65 Å². The van der Waals surface area contributed by atoms with Crippen LogP contribution in [0.4, 0.5) is 5.69 Å². The van der Waals surface area contributed by atoms with E-state index in [1.165, 1.54) is 0 Å². The Bertz CT molecular complexity index is 896. The van der Waals surface area contributed by atoms with Gasteiger partial charge >= 0.3 is 0 Å². The predicted octanol–water partition coefficient (Wildman–Crippen LogP) is 3.54. The van der Waals surface area contributed by atoms with Crippen LogP contribution in [0.15, 0.2) is 36.8 Å². The lowest BCUT2D eigenvalue weighted by Crippen LogP contribution is -2.14. The molecule has 1 fully saturated rings. The third kappa shape index (κ3) is 2.64. The summed E-state index contributed by atoms with van der Waals surface area (Å²) in [5.41, 5.74) is 3.13. The Morgan fingerprint density at radius 1 is 1.29 bits per heavy atom. The van der Waals surface area contributed by atoms with Gasteiger partial charge in [0, 0.05) is 35.7 Å². The van der Waals surface area contributed by atoms with Gasteiger partial charge in [0.1, 0.15) is 0 Å². The Hall–Kier alpha value is -2.76. The zero-order chi connectivity index (χ0) is 16.7. The van der Waals surface area contributed by atoms with E-state index in [1.807, 2.05) is 10.7 Å². The quantitative estimate of drug-likeness (QED) is 0.798. The van der Waals surface area contributed by atoms with Crippen LogP contribution in [-0.2, 0) is 0 Å². The minimum Gasteiger partial charge on any atom is -0.322 e. The molecule has 3 aromatic rings. The van der Waals surface area contributed by atoms with E-state index in [0.717, 1.165) is 35.3 Å². The second-order valence-corrected chi connectivity index (χ2v) is 6.48. The van der Waals surface area contributed by atoms with Gasteiger partial charge in [0.2, 0.25) is 0 Å². The van der Waals surface area contributed by atoms with Crippen molar-refractivity contribution in [2.45, 2.75) is 38.6 Å². The summed E-state index contributed by atoms with van der Waals surface area (Å²) >= 11 is 0. The second-order valence-electron chi connectivity index (χ2n) is 6.48. The maximum atomic E-state index is 12.8. The van der Waals surface area contributed by atoms with Gasteiger partial charge in [-0.1, -0.05) is 0 Å². The molecule has 0 bridgehead atoms.